The topological polar surface area (TPSA) is 80.8 Å². The molecule has 1 heterocycles. The van der Waals surface area contributed by atoms with E-state index in [-0.39, 0.29) is 16.3 Å². The molecule has 0 aromatic heterocycles. The molecule has 1 fully saturated rings. The monoisotopic (exact) mass is 409 g/mol. The standard InChI is InChI=1S/C19H23NO5S2/c1-15-5-9-18(10-6-15)26(21,22)20-13-3-4-17(14-20)25-27(23,24)19-11-7-16(2)8-12-19/h5-12,17H,3-4,13-14H2,1-2H3/t17-/m1/s1. The van der Waals surface area contributed by atoms with Crippen LogP contribution in [0.1, 0.15) is 24.0 Å². The van der Waals surface area contributed by atoms with E-state index in [1.165, 1.54) is 16.4 Å². The lowest BCUT2D eigenvalue weighted by molar-refractivity contribution is 0.136. The molecule has 0 radical (unpaired) electrons. The predicted molar refractivity (Wildman–Crippen MR) is 102 cm³/mol. The summed E-state index contributed by atoms with van der Waals surface area (Å²) in [5.41, 5.74) is 1.92. The molecule has 27 heavy (non-hydrogen) atoms. The fraction of sp³-hybridized carbons (Fsp3) is 0.368. The lowest BCUT2D eigenvalue weighted by Gasteiger charge is -2.31. The highest BCUT2D eigenvalue weighted by atomic mass is 32.2. The Hall–Kier alpha value is -1.74. The second kappa shape index (κ2) is 7.71. The molecule has 0 spiro atoms. The molecule has 0 bridgehead atoms. The van der Waals surface area contributed by atoms with Crippen molar-refractivity contribution in [3.05, 3.63) is 59.7 Å². The van der Waals surface area contributed by atoms with Crippen molar-refractivity contribution in [3.8, 4) is 0 Å². The predicted octanol–water partition coefficient (Wildman–Crippen LogP) is 2.86. The first-order valence-electron chi connectivity index (χ1n) is 8.75. The van der Waals surface area contributed by atoms with Crippen molar-refractivity contribution in [1.82, 2.24) is 4.31 Å². The number of nitrogens with zero attached hydrogens (tertiary/aromatic N) is 1. The van der Waals surface area contributed by atoms with Gasteiger partial charge in [-0.2, -0.15) is 12.7 Å². The summed E-state index contributed by atoms with van der Waals surface area (Å²) in [4.78, 5) is 0.279. The Balaban J connectivity index is 1.76. The molecule has 8 heteroatoms. The van der Waals surface area contributed by atoms with Crippen LogP contribution in [-0.4, -0.2) is 40.3 Å². The van der Waals surface area contributed by atoms with E-state index in [1.54, 1.807) is 36.4 Å². The van der Waals surface area contributed by atoms with Gasteiger partial charge in [-0.3, -0.25) is 4.18 Å². The molecule has 1 aliphatic heterocycles. The molecule has 0 aliphatic carbocycles. The van der Waals surface area contributed by atoms with Crippen LogP contribution in [0.25, 0.3) is 0 Å². The third kappa shape index (κ3) is 4.57. The molecule has 0 saturated carbocycles. The van der Waals surface area contributed by atoms with Crippen LogP contribution in [0.4, 0.5) is 0 Å². The molecule has 1 aliphatic rings. The van der Waals surface area contributed by atoms with Gasteiger partial charge in [0.15, 0.2) is 0 Å². The number of sulfonamides is 1. The maximum absolute atomic E-state index is 12.8. The first-order chi connectivity index (χ1) is 12.7. The minimum absolute atomic E-state index is 0.0152. The lowest BCUT2D eigenvalue weighted by Crippen LogP contribution is -2.43. The summed E-state index contributed by atoms with van der Waals surface area (Å²) < 4.78 is 57.3. The van der Waals surface area contributed by atoms with Crippen molar-refractivity contribution >= 4 is 20.1 Å². The summed E-state index contributed by atoms with van der Waals surface area (Å²) in [6.07, 6.45) is 0.328. The molecule has 0 amide bonds. The molecule has 146 valence electrons. The van der Waals surface area contributed by atoms with E-state index in [4.69, 9.17) is 4.18 Å². The minimum atomic E-state index is -3.94. The van der Waals surface area contributed by atoms with E-state index in [2.05, 4.69) is 0 Å². The van der Waals surface area contributed by atoms with Gasteiger partial charge in [-0.15, -0.1) is 0 Å². The van der Waals surface area contributed by atoms with Crippen LogP contribution in [0.3, 0.4) is 0 Å². The van der Waals surface area contributed by atoms with E-state index < -0.39 is 26.2 Å². The summed E-state index contributed by atoms with van der Waals surface area (Å²) in [6.45, 7) is 4.12. The summed E-state index contributed by atoms with van der Waals surface area (Å²) in [5.74, 6) is 0. The van der Waals surface area contributed by atoms with Crippen molar-refractivity contribution < 1.29 is 21.0 Å². The first-order valence-corrected chi connectivity index (χ1v) is 11.6. The molecule has 0 unspecified atom stereocenters. The van der Waals surface area contributed by atoms with Crippen molar-refractivity contribution in [2.45, 2.75) is 42.6 Å². The van der Waals surface area contributed by atoms with E-state index in [9.17, 15) is 16.8 Å². The van der Waals surface area contributed by atoms with E-state index in [1.807, 2.05) is 13.8 Å². The highest BCUT2D eigenvalue weighted by Gasteiger charge is 2.33. The average Bonchev–Trinajstić information content (AvgIpc) is 2.62. The number of hydrogen-bond acceptors (Lipinski definition) is 5. The molecule has 0 N–H and O–H groups in total. The van der Waals surface area contributed by atoms with Crippen LogP contribution in [0.2, 0.25) is 0 Å². The van der Waals surface area contributed by atoms with Gasteiger partial charge in [0.05, 0.1) is 15.9 Å². The first kappa shape index (κ1) is 20.0. The maximum Gasteiger partial charge on any atom is 0.297 e. The number of hydrogen-bond donors (Lipinski definition) is 0. The van der Waals surface area contributed by atoms with E-state index in [0.29, 0.717) is 19.4 Å². The minimum Gasteiger partial charge on any atom is -0.262 e. The second-order valence-corrected chi connectivity index (χ2v) is 10.3. The second-order valence-electron chi connectivity index (χ2n) is 6.80. The van der Waals surface area contributed by atoms with Crippen molar-refractivity contribution in [1.29, 1.82) is 0 Å². The number of rotatable bonds is 5. The summed E-state index contributed by atoms with van der Waals surface area (Å²) in [7, 11) is -7.62. The van der Waals surface area contributed by atoms with Gasteiger partial charge < -0.3 is 0 Å². The molecular weight excluding hydrogens is 386 g/mol. The van der Waals surface area contributed by atoms with Crippen molar-refractivity contribution in [2.75, 3.05) is 13.1 Å². The van der Waals surface area contributed by atoms with Gasteiger partial charge in [0.1, 0.15) is 0 Å². The lowest BCUT2D eigenvalue weighted by atomic mass is 10.1. The third-order valence-electron chi connectivity index (χ3n) is 4.57. The van der Waals surface area contributed by atoms with Crippen LogP contribution < -0.4 is 0 Å². The largest absolute Gasteiger partial charge is 0.297 e. The summed E-state index contributed by atoms with van der Waals surface area (Å²) in [5, 5.41) is 0. The van der Waals surface area contributed by atoms with Crippen molar-refractivity contribution in [3.63, 3.8) is 0 Å². The van der Waals surface area contributed by atoms with Gasteiger partial charge in [0, 0.05) is 13.1 Å². The summed E-state index contributed by atoms with van der Waals surface area (Å²) in [6, 6.07) is 13.0. The highest BCUT2D eigenvalue weighted by molar-refractivity contribution is 7.89. The Morgan fingerprint density at radius 3 is 1.93 bits per heavy atom. The number of piperidine rings is 1. The number of aryl methyl sites for hydroxylation is 2. The quantitative estimate of drug-likeness (QED) is 0.710. The Labute approximate surface area is 161 Å². The fourth-order valence-electron chi connectivity index (χ4n) is 3.00. The van der Waals surface area contributed by atoms with Gasteiger partial charge in [-0.1, -0.05) is 35.4 Å². The maximum atomic E-state index is 12.8. The highest BCUT2D eigenvalue weighted by Crippen LogP contribution is 2.25. The molecule has 6 nitrogen and oxygen atoms in total. The number of benzene rings is 2. The normalized spacial score (nSPS) is 19.1. The van der Waals surface area contributed by atoms with Gasteiger partial charge in [0.2, 0.25) is 10.0 Å². The summed E-state index contributed by atoms with van der Waals surface area (Å²) >= 11 is 0. The molecule has 2 aromatic carbocycles. The SMILES string of the molecule is Cc1ccc(S(=O)(=O)O[C@@H]2CCCN(S(=O)(=O)c3ccc(C)cc3)C2)cc1. The van der Waals surface area contributed by atoms with Crippen LogP contribution in [0, 0.1) is 13.8 Å². The zero-order valence-electron chi connectivity index (χ0n) is 15.3. The van der Waals surface area contributed by atoms with Crippen LogP contribution in [0.15, 0.2) is 58.3 Å². The average molecular weight is 410 g/mol. The van der Waals surface area contributed by atoms with Crippen molar-refractivity contribution in [2.24, 2.45) is 0 Å². The molecule has 1 saturated heterocycles. The van der Waals surface area contributed by atoms with E-state index in [0.717, 1.165) is 11.1 Å². The smallest absolute Gasteiger partial charge is 0.262 e. The van der Waals surface area contributed by atoms with E-state index >= 15 is 0 Å². The molecule has 1 atom stereocenters. The Bertz CT molecular complexity index is 997. The molecule has 2 aromatic rings. The fourth-order valence-corrected chi connectivity index (χ4v) is 5.61. The third-order valence-corrected chi connectivity index (χ3v) is 7.83. The zero-order valence-corrected chi connectivity index (χ0v) is 17.0. The van der Waals surface area contributed by atoms with Crippen LogP contribution in [0.5, 0.6) is 0 Å². The van der Waals surface area contributed by atoms with Gasteiger partial charge >= 0.3 is 0 Å². The van der Waals surface area contributed by atoms with Gasteiger partial charge in [-0.05, 0) is 51.0 Å². The van der Waals surface area contributed by atoms with Crippen LogP contribution >= 0.6 is 0 Å². The van der Waals surface area contributed by atoms with Gasteiger partial charge in [0.25, 0.3) is 10.1 Å². The molecule has 3 rings (SSSR count). The van der Waals surface area contributed by atoms with Gasteiger partial charge in [-0.25, -0.2) is 8.42 Å². The Kier molecular flexibility index (Phi) is 5.71. The molecular formula is C19H23NO5S2. The Morgan fingerprint density at radius 2 is 1.37 bits per heavy atom. The zero-order chi connectivity index (χ0) is 19.7. The Morgan fingerprint density at radius 1 is 0.852 bits per heavy atom. The van der Waals surface area contributed by atoms with Crippen LogP contribution in [-0.2, 0) is 24.3 Å².